The molecule has 1 spiro atoms. The molecule has 31 heavy (non-hydrogen) atoms. The molecule has 164 valence electrons. The maximum absolute atomic E-state index is 13.6. The van der Waals surface area contributed by atoms with Crippen molar-refractivity contribution in [3.63, 3.8) is 0 Å². The fourth-order valence-electron chi connectivity index (χ4n) is 5.55. The standard InChI is InChI=1S/C21H23ClN4O5/c22-10-3-4-13-12(8-10)21(20(30)24-13)17-16(14(25-21)5-6-15(23)27)18(28)26(19(17)29)9-11-2-1-7-31-11/h3-4,8,11,14,16-17,25H,1-2,5-7,9H2,(H2,23,27)(H,24,30)/t11-,14-,16+,17+,21-/m0/s1. The summed E-state index contributed by atoms with van der Waals surface area (Å²) in [5.41, 5.74) is 5.00. The van der Waals surface area contributed by atoms with Crippen LogP contribution in [0.25, 0.3) is 0 Å². The number of nitrogens with zero attached hydrogens (tertiary/aromatic N) is 1. The Morgan fingerprint density at radius 2 is 2.10 bits per heavy atom. The molecule has 5 rings (SSSR count). The predicted molar refractivity (Wildman–Crippen MR) is 110 cm³/mol. The summed E-state index contributed by atoms with van der Waals surface area (Å²) in [5, 5.41) is 6.49. The Morgan fingerprint density at radius 3 is 2.81 bits per heavy atom. The van der Waals surface area contributed by atoms with Gasteiger partial charge in [0.05, 0.1) is 24.5 Å². The maximum atomic E-state index is 13.6. The third kappa shape index (κ3) is 2.98. The van der Waals surface area contributed by atoms with E-state index in [-0.39, 0.29) is 31.4 Å². The van der Waals surface area contributed by atoms with Gasteiger partial charge in [-0.3, -0.25) is 29.4 Å². The normalized spacial score (nSPS) is 33.8. The van der Waals surface area contributed by atoms with Crippen LogP contribution in [0.5, 0.6) is 0 Å². The molecule has 0 bridgehead atoms. The second-order valence-corrected chi connectivity index (χ2v) is 9.07. The van der Waals surface area contributed by atoms with Crippen molar-refractivity contribution in [2.45, 2.75) is 43.4 Å². The molecule has 0 saturated carbocycles. The van der Waals surface area contributed by atoms with Gasteiger partial charge < -0.3 is 15.8 Å². The van der Waals surface area contributed by atoms with E-state index < -0.39 is 41.1 Å². The lowest BCUT2D eigenvalue weighted by atomic mass is 9.76. The molecule has 4 heterocycles. The smallest absolute Gasteiger partial charge is 0.250 e. The van der Waals surface area contributed by atoms with Crippen molar-refractivity contribution in [1.82, 2.24) is 10.2 Å². The van der Waals surface area contributed by atoms with E-state index in [1.807, 2.05) is 0 Å². The topological polar surface area (TPSA) is 131 Å². The molecule has 9 nitrogen and oxygen atoms in total. The van der Waals surface area contributed by atoms with Gasteiger partial charge in [0.15, 0.2) is 0 Å². The third-order valence-corrected chi connectivity index (χ3v) is 7.12. The SMILES string of the molecule is NC(=O)CC[C@@H]1N[C@]2(C(=O)Nc3ccc(Cl)cc32)[C@H]2C(=O)N(C[C@@H]3CCCO3)C(=O)[C@H]12. The van der Waals surface area contributed by atoms with E-state index in [0.29, 0.717) is 22.9 Å². The molecule has 0 radical (unpaired) electrons. The van der Waals surface area contributed by atoms with Gasteiger partial charge in [0, 0.05) is 35.3 Å². The summed E-state index contributed by atoms with van der Waals surface area (Å²) in [6, 6.07) is 4.43. The maximum Gasteiger partial charge on any atom is 0.250 e. The van der Waals surface area contributed by atoms with Crippen LogP contribution in [-0.4, -0.2) is 53.8 Å². The van der Waals surface area contributed by atoms with Crippen molar-refractivity contribution in [2.75, 3.05) is 18.5 Å². The number of carbonyl (C=O) groups is 4. The van der Waals surface area contributed by atoms with Crippen LogP contribution < -0.4 is 16.4 Å². The third-order valence-electron chi connectivity index (χ3n) is 6.88. The van der Waals surface area contributed by atoms with Gasteiger partial charge in [0.25, 0.3) is 0 Å². The van der Waals surface area contributed by atoms with Crippen LogP contribution in [0.2, 0.25) is 5.02 Å². The number of nitrogens with two attached hydrogens (primary N) is 1. The molecule has 4 aliphatic heterocycles. The zero-order valence-electron chi connectivity index (χ0n) is 16.7. The highest BCUT2D eigenvalue weighted by atomic mass is 35.5. The van der Waals surface area contributed by atoms with E-state index in [1.54, 1.807) is 18.2 Å². The van der Waals surface area contributed by atoms with Crippen LogP contribution in [0.15, 0.2) is 18.2 Å². The van der Waals surface area contributed by atoms with E-state index in [1.165, 1.54) is 4.90 Å². The van der Waals surface area contributed by atoms with Crippen molar-refractivity contribution >= 4 is 40.9 Å². The summed E-state index contributed by atoms with van der Waals surface area (Å²) >= 11 is 6.21. The van der Waals surface area contributed by atoms with Gasteiger partial charge >= 0.3 is 0 Å². The number of carbonyl (C=O) groups excluding carboxylic acids is 4. The number of anilines is 1. The zero-order chi connectivity index (χ0) is 21.9. The quantitative estimate of drug-likeness (QED) is 0.565. The van der Waals surface area contributed by atoms with Crippen molar-refractivity contribution in [3.8, 4) is 0 Å². The summed E-state index contributed by atoms with van der Waals surface area (Å²) in [4.78, 5) is 52.9. The predicted octanol–water partition coefficient (Wildman–Crippen LogP) is 0.505. The van der Waals surface area contributed by atoms with Crippen LogP contribution in [0.3, 0.4) is 0 Å². The van der Waals surface area contributed by atoms with Crippen LogP contribution in [0.4, 0.5) is 5.69 Å². The summed E-state index contributed by atoms with van der Waals surface area (Å²) in [6.45, 7) is 0.780. The van der Waals surface area contributed by atoms with Crippen LogP contribution >= 0.6 is 11.6 Å². The number of benzene rings is 1. The van der Waals surface area contributed by atoms with E-state index in [9.17, 15) is 19.2 Å². The molecule has 0 aliphatic carbocycles. The second-order valence-electron chi connectivity index (χ2n) is 8.63. The zero-order valence-corrected chi connectivity index (χ0v) is 17.5. The average Bonchev–Trinajstić information content (AvgIpc) is 3.46. The highest BCUT2D eigenvalue weighted by Gasteiger charge is 2.70. The second kappa shape index (κ2) is 7.29. The number of likely N-dealkylation sites (tertiary alicyclic amines) is 1. The minimum Gasteiger partial charge on any atom is -0.376 e. The molecular weight excluding hydrogens is 424 g/mol. The van der Waals surface area contributed by atoms with Gasteiger partial charge in [-0.25, -0.2) is 0 Å². The average molecular weight is 447 g/mol. The first-order valence-electron chi connectivity index (χ1n) is 10.5. The largest absolute Gasteiger partial charge is 0.376 e. The first kappa shape index (κ1) is 20.4. The number of halogens is 1. The Kier molecular flexibility index (Phi) is 4.80. The lowest BCUT2D eigenvalue weighted by Crippen LogP contribution is -2.53. The molecule has 4 amide bonds. The van der Waals surface area contributed by atoms with Crippen molar-refractivity contribution in [2.24, 2.45) is 17.6 Å². The molecule has 1 aromatic rings. The van der Waals surface area contributed by atoms with Crippen molar-refractivity contribution in [3.05, 3.63) is 28.8 Å². The number of fused-ring (bicyclic) bond motifs is 4. The Hall–Kier alpha value is -2.49. The fourth-order valence-corrected chi connectivity index (χ4v) is 5.72. The minimum absolute atomic E-state index is 0.0359. The van der Waals surface area contributed by atoms with E-state index >= 15 is 0 Å². The number of hydrogen-bond acceptors (Lipinski definition) is 6. The van der Waals surface area contributed by atoms with Crippen molar-refractivity contribution < 1.29 is 23.9 Å². The monoisotopic (exact) mass is 446 g/mol. The summed E-state index contributed by atoms with van der Waals surface area (Å²) in [6.07, 6.45) is 1.75. The van der Waals surface area contributed by atoms with E-state index in [2.05, 4.69) is 10.6 Å². The van der Waals surface area contributed by atoms with Gasteiger partial charge in [-0.1, -0.05) is 11.6 Å². The van der Waals surface area contributed by atoms with Gasteiger partial charge in [-0.15, -0.1) is 0 Å². The Balaban J connectivity index is 1.57. The number of nitrogens with one attached hydrogen (secondary N) is 2. The lowest BCUT2D eigenvalue weighted by molar-refractivity contribution is -0.144. The molecule has 5 atom stereocenters. The van der Waals surface area contributed by atoms with Gasteiger partial charge in [0.1, 0.15) is 5.54 Å². The Bertz CT molecular complexity index is 994. The molecule has 3 fully saturated rings. The van der Waals surface area contributed by atoms with Crippen LogP contribution in [-0.2, 0) is 29.5 Å². The summed E-state index contributed by atoms with van der Waals surface area (Å²) in [7, 11) is 0. The first-order chi connectivity index (χ1) is 14.8. The summed E-state index contributed by atoms with van der Waals surface area (Å²) < 4.78 is 5.63. The number of rotatable bonds is 5. The first-order valence-corrected chi connectivity index (χ1v) is 10.8. The van der Waals surface area contributed by atoms with Crippen LogP contribution in [0, 0.1) is 11.8 Å². The Morgan fingerprint density at radius 1 is 1.29 bits per heavy atom. The molecule has 4 aliphatic rings. The lowest BCUT2D eigenvalue weighted by Gasteiger charge is -2.30. The van der Waals surface area contributed by atoms with E-state index in [4.69, 9.17) is 22.1 Å². The molecule has 0 unspecified atom stereocenters. The van der Waals surface area contributed by atoms with Gasteiger partial charge in [0.2, 0.25) is 23.6 Å². The highest BCUT2D eigenvalue weighted by molar-refractivity contribution is 6.31. The molecule has 1 aromatic carbocycles. The number of primary amides is 1. The number of ether oxygens (including phenoxy) is 1. The number of amides is 4. The van der Waals surface area contributed by atoms with Gasteiger partial charge in [-0.2, -0.15) is 0 Å². The number of imide groups is 1. The molecule has 3 saturated heterocycles. The molecule has 0 aromatic heterocycles. The highest BCUT2D eigenvalue weighted by Crippen LogP contribution is 2.54. The molecule has 4 N–H and O–H groups in total. The fraction of sp³-hybridized carbons (Fsp3) is 0.524. The minimum atomic E-state index is -1.43. The number of hydrogen-bond donors (Lipinski definition) is 3. The van der Waals surface area contributed by atoms with Crippen LogP contribution in [0.1, 0.15) is 31.2 Å². The molecule has 10 heteroatoms. The Labute approximate surface area is 183 Å². The molecular formula is C21H23ClN4O5. The van der Waals surface area contributed by atoms with Gasteiger partial charge in [-0.05, 0) is 37.5 Å². The summed E-state index contributed by atoms with van der Waals surface area (Å²) in [5.74, 6) is -3.36. The van der Waals surface area contributed by atoms with Crippen molar-refractivity contribution in [1.29, 1.82) is 0 Å². The van der Waals surface area contributed by atoms with E-state index in [0.717, 1.165) is 12.8 Å².